The largest absolute Gasteiger partial charge is 0.416 e. The van der Waals surface area contributed by atoms with E-state index in [-0.39, 0.29) is 11.6 Å². The van der Waals surface area contributed by atoms with E-state index < -0.39 is 23.3 Å². The van der Waals surface area contributed by atoms with Crippen LogP contribution in [0, 0.1) is 5.92 Å². The molecular formula is C24H30F3N3O3. The van der Waals surface area contributed by atoms with E-state index in [1.807, 2.05) is 6.92 Å². The van der Waals surface area contributed by atoms with Gasteiger partial charge in [-0.25, -0.2) is 9.69 Å². The summed E-state index contributed by atoms with van der Waals surface area (Å²) in [5, 5.41) is 0. The highest BCUT2D eigenvalue weighted by atomic mass is 19.4. The van der Waals surface area contributed by atoms with Crippen LogP contribution in [0.3, 0.4) is 0 Å². The second-order valence-electron chi connectivity index (χ2n) is 9.84. The number of carbonyl (C=O) groups is 2. The first kappa shape index (κ1) is 22.7. The zero-order valence-electron chi connectivity index (χ0n) is 18.8. The van der Waals surface area contributed by atoms with Gasteiger partial charge in [0.2, 0.25) is 0 Å². The number of hydrogen-bond acceptors (Lipinski definition) is 4. The third-order valence-electron chi connectivity index (χ3n) is 7.90. The van der Waals surface area contributed by atoms with Gasteiger partial charge in [0.1, 0.15) is 5.54 Å². The fraction of sp³-hybridized carbons (Fsp3) is 0.667. The number of urea groups is 1. The first-order valence-corrected chi connectivity index (χ1v) is 11.9. The average Bonchev–Trinajstić information content (AvgIpc) is 3.22. The van der Waals surface area contributed by atoms with Crippen LogP contribution >= 0.6 is 0 Å². The number of likely N-dealkylation sites (N-methyl/N-ethyl adjacent to an activating group) is 1. The molecule has 1 spiro atoms. The lowest BCUT2D eigenvalue weighted by Gasteiger charge is -2.43. The molecule has 4 fully saturated rings. The number of halogens is 3. The van der Waals surface area contributed by atoms with E-state index in [9.17, 15) is 22.8 Å². The maximum absolute atomic E-state index is 13.5. The smallest absolute Gasteiger partial charge is 0.375 e. The van der Waals surface area contributed by atoms with Gasteiger partial charge in [-0.15, -0.1) is 0 Å². The van der Waals surface area contributed by atoms with Crippen LogP contribution in [0.1, 0.15) is 51.0 Å². The molecule has 2 bridgehead atoms. The van der Waals surface area contributed by atoms with Gasteiger partial charge in [0.25, 0.3) is 5.91 Å². The monoisotopic (exact) mass is 465 g/mol. The highest BCUT2D eigenvalue weighted by molar-refractivity contribution is 6.23. The van der Waals surface area contributed by atoms with E-state index in [4.69, 9.17) is 4.74 Å². The van der Waals surface area contributed by atoms with Gasteiger partial charge in [0.05, 0.1) is 23.5 Å². The fourth-order valence-electron chi connectivity index (χ4n) is 6.25. The number of anilines is 1. The zero-order valence-corrected chi connectivity index (χ0v) is 18.8. The Morgan fingerprint density at radius 1 is 1.03 bits per heavy atom. The molecule has 5 rings (SSSR count). The Balaban J connectivity index is 1.29. The SMILES string of the molecule is CCN1C(=O)N(c2ccc(C(F)(F)F)cc2)C(=O)C12CCN(CC1CC3CCC(C1)O3)CC2. The summed E-state index contributed by atoms with van der Waals surface area (Å²) in [5.41, 5.74) is -1.53. The van der Waals surface area contributed by atoms with Crippen molar-refractivity contribution in [2.45, 2.75) is 69.4 Å². The van der Waals surface area contributed by atoms with Gasteiger partial charge < -0.3 is 14.5 Å². The summed E-state index contributed by atoms with van der Waals surface area (Å²) in [6, 6.07) is 3.80. The average molecular weight is 466 g/mol. The molecule has 1 aromatic carbocycles. The normalized spacial score (nSPS) is 30.0. The van der Waals surface area contributed by atoms with Gasteiger partial charge >= 0.3 is 12.2 Å². The molecule has 4 saturated heterocycles. The lowest BCUT2D eigenvalue weighted by atomic mass is 9.85. The zero-order chi connectivity index (χ0) is 23.4. The van der Waals surface area contributed by atoms with E-state index in [0.29, 0.717) is 37.5 Å². The lowest BCUT2D eigenvalue weighted by molar-refractivity contribution is -0.137. The molecule has 0 N–H and O–H groups in total. The maximum atomic E-state index is 13.5. The van der Waals surface area contributed by atoms with Gasteiger partial charge in [0.15, 0.2) is 0 Å². The molecule has 180 valence electrons. The third-order valence-corrected chi connectivity index (χ3v) is 7.90. The van der Waals surface area contributed by atoms with Crippen molar-refractivity contribution in [2.24, 2.45) is 5.92 Å². The Morgan fingerprint density at radius 2 is 1.64 bits per heavy atom. The first-order valence-electron chi connectivity index (χ1n) is 11.9. The Labute approximate surface area is 191 Å². The number of nitrogens with zero attached hydrogens (tertiary/aromatic N) is 3. The summed E-state index contributed by atoms with van der Waals surface area (Å²) in [5.74, 6) is 0.287. The van der Waals surface area contributed by atoms with Crippen molar-refractivity contribution in [3.8, 4) is 0 Å². The Kier molecular flexibility index (Phi) is 5.68. The molecule has 3 amide bonds. The van der Waals surface area contributed by atoms with Crippen LogP contribution in [0.5, 0.6) is 0 Å². The number of benzene rings is 1. The number of ether oxygens (including phenoxy) is 1. The second kappa shape index (κ2) is 8.27. The number of piperidine rings is 1. The number of amides is 3. The van der Waals surface area contributed by atoms with Crippen LogP contribution in [0.25, 0.3) is 0 Å². The number of alkyl halides is 3. The van der Waals surface area contributed by atoms with E-state index in [0.717, 1.165) is 62.4 Å². The van der Waals surface area contributed by atoms with E-state index in [2.05, 4.69) is 4.90 Å². The molecule has 4 heterocycles. The number of imide groups is 1. The predicted octanol–water partition coefficient (Wildman–Crippen LogP) is 4.29. The molecule has 0 saturated carbocycles. The maximum Gasteiger partial charge on any atom is 0.416 e. The Morgan fingerprint density at radius 3 is 2.18 bits per heavy atom. The van der Waals surface area contributed by atoms with Crippen molar-refractivity contribution in [1.82, 2.24) is 9.80 Å². The number of hydrogen-bond donors (Lipinski definition) is 0. The minimum atomic E-state index is -4.47. The van der Waals surface area contributed by atoms with Crippen LogP contribution in [0.15, 0.2) is 24.3 Å². The van der Waals surface area contributed by atoms with E-state index >= 15 is 0 Å². The standard InChI is InChI=1S/C24H30F3N3O3/c1-2-29-22(32)30(18-5-3-17(4-6-18)24(25,26)27)21(31)23(29)9-11-28(12-10-23)15-16-13-19-7-8-20(14-16)33-19/h3-6,16,19-20H,2,7-15H2,1H3. The topological polar surface area (TPSA) is 53.1 Å². The van der Waals surface area contributed by atoms with Crippen LogP contribution in [-0.4, -0.2) is 65.7 Å². The van der Waals surface area contributed by atoms with Crippen molar-refractivity contribution < 1.29 is 27.5 Å². The number of rotatable bonds is 4. The summed E-state index contributed by atoms with van der Waals surface area (Å²) in [7, 11) is 0. The molecule has 9 heteroatoms. The van der Waals surface area contributed by atoms with Crippen LogP contribution in [0.2, 0.25) is 0 Å². The molecule has 1 aromatic rings. The van der Waals surface area contributed by atoms with Crippen molar-refractivity contribution in [2.75, 3.05) is 31.1 Å². The number of carbonyl (C=O) groups excluding carboxylic acids is 2. The minimum absolute atomic E-state index is 0.188. The molecule has 6 nitrogen and oxygen atoms in total. The van der Waals surface area contributed by atoms with E-state index in [1.54, 1.807) is 4.90 Å². The number of fused-ring (bicyclic) bond motifs is 2. The molecule has 2 unspecified atom stereocenters. The highest BCUT2D eigenvalue weighted by Crippen LogP contribution is 2.41. The highest BCUT2D eigenvalue weighted by Gasteiger charge is 2.58. The fourth-order valence-corrected chi connectivity index (χ4v) is 6.25. The van der Waals surface area contributed by atoms with Gasteiger partial charge in [-0.05, 0) is 75.6 Å². The van der Waals surface area contributed by atoms with Crippen molar-refractivity contribution in [3.63, 3.8) is 0 Å². The molecular weight excluding hydrogens is 435 g/mol. The van der Waals surface area contributed by atoms with E-state index in [1.165, 1.54) is 12.1 Å². The quantitative estimate of drug-likeness (QED) is 0.623. The van der Waals surface area contributed by atoms with Crippen LogP contribution in [0.4, 0.5) is 23.7 Å². The Hall–Kier alpha value is -2.13. The van der Waals surface area contributed by atoms with Crippen molar-refractivity contribution in [3.05, 3.63) is 29.8 Å². The molecule has 0 radical (unpaired) electrons. The van der Waals surface area contributed by atoms with Gasteiger partial charge in [0, 0.05) is 26.2 Å². The summed E-state index contributed by atoms with van der Waals surface area (Å²) in [6.45, 7) is 4.66. The van der Waals surface area contributed by atoms with Crippen molar-refractivity contribution >= 4 is 17.6 Å². The molecule has 2 atom stereocenters. The summed E-state index contributed by atoms with van der Waals surface area (Å²) >= 11 is 0. The van der Waals surface area contributed by atoms with Crippen molar-refractivity contribution in [1.29, 1.82) is 0 Å². The van der Waals surface area contributed by atoms with Crippen LogP contribution in [-0.2, 0) is 15.7 Å². The Bertz CT molecular complexity index is 900. The molecule has 0 aliphatic carbocycles. The summed E-state index contributed by atoms with van der Waals surface area (Å²) in [4.78, 5) is 31.8. The van der Waals surface area contributed by atoms with Crippen LogP contribution < -0.4 is 4.90 Å². The molecule has 33 heavy (non-hydrogen) atoms. The van der Waals surface area contributed by atoms with Gasteiger partial charge in [-0.3, -0.25) is 4.79 Å². The first-order chi connectivity index (χ1) is 15.7. The molecule has 4 aliphatic heterocycles. The summed E-state index contributed by atoms with van der Waals surface area (Å²) < 4.78 is 44.8. The second-order valence-corrected chi connectivity index (χ2v) is 9.84. The lowest BCUT2D eigenvalue weighted by Crippen LogP contribution is -2.57. The summed E-state index contributed by atoms with van der Waals surface area (Å²) in [6.07, 6.45) is 1.91. The number of likely N-dealkylation sites (tertiary alicyclic amines) is 1. The molecule has 4 aliphatic rings. The minimum Gasteiger partial charge on any atom is -0.375 e. The molecule has 0 aromatic heterocycles. The predicted molar refractivity (Wildman–Crippen MR) is 116 cm³/mol. The third kappa shape index (κ3) is 3.93. The van der Waals surface area contributed by atoms with Gasteiger partial charge in [-0.2, -0.15) is 13.2 Å². The van der Waals surface area contributed by atoms with Gasteiger partial charge in [-0.1, -0.05) is 0 Å².